The first-order valence-corrected chi connectivity index (χ1v) is 6.87. The second-order valence-electron chi connectivity index (χ2n) is 4.79. The van der Waals surface area contributed by atoms with Crippen LogP contribution in [0.3, 0.4) is 0 Å². The number of nitrogen functional groups attached to an aromatic ring is 1. The first kappa shape index (κ1) is 10.8. The molecule has 90 valence electrons. The molecule has 0 aromatic carbocycles. The zero-order valence-electron chi connectivity index (χ0n) is 9.81. The molecular formula is C12H16N4S. The van der Waals surface area contributed by atoms with E-state index in [4.69, 9.17) is 5.73 Å². The fraction of sp³-hybridized carbons (Fsp3) is 0.500. The lowest BCUT2D eigenvalue weighted by Crippen LogP contribution is -2.17. The van der Waals surface area contributed by atoms with E-state index in [1.54, 1.807) is 11.3 Å². The summed E-state index contributed by atoms with van der Waals surface area (Å²) in [5.41, 5.74) is 5.72. The molecule has 1 unspecified atom stereocenters. The van der Waals surface area contributed by atoms with Gasteiger partial charge in [-0.25, -0.2) is 4.98 Å². The van der Waals surface area contributed by atoms with Gasteiger partial charge in [0.2, 0.25) is 5.95 Å². The van der Waals surface area contributed by atoms with E-state index in [1.165, 1.54) is 19.3 Å². The number of nitrogens with one attached hydrogen (secondary N) is 1. The van der Waals surface area contributed by atoms with Crippen molar-refractivity contribution in [1.82, 2.24) is 9.97 Å². The van der Waals surface area contributed by atoms with E-state index in [-0.39, 0.29) is 0 Å². The molecule has 1 atom stereocenters. The number of nitrogens with two attached hydrogens (primary N) is 1. The first-order chi connectivity index (χ1) is 8.22. The number of rotatable bonds is 4. The molecule has 0 spiro atoms. The molecule has 4 nitrogen and oxygen atoms in total. The van der Waals surface area contributed by atoms with Gasteiger partial charge >= 0.3 is 0 Å². The normalized spacial score (nSPS) is 17.2. The Morgan fingerprint density at radius 1 is 1.53 bits per heavy atom. The van der Waals surface area contributed by atoms with Crippen molar-refractivity contribution in [2.24, 2.45) is 5.92 Å². The van der Waals surface area contributed by atoms with Crippen molar-refractivity contribution in [2.75, 3.05) is 11.1 Å². The fourth-order valence-electron chi connectivity index (χ4n) is 2.13. The summed E-state index contributed by atoms with van der Waals surface area (Å²) in [6.07, 6.45) is 3.98. The van der Waals surface area contributed by atoms with Gasteiger partial charge in [-0.3, -0.25) is 0 Å². The molecule has 3 N–H and O–H groups in total. The number of hydrogen-bond acceptors (Lipinski definition) is 5. The van der Waals surface area contributed by atoms with Gasteiger partial charge in [0.25, 0.3) is 0 Å². The van der Waals surface area contributed by atoms with Gasteiger partial charge in [-0.2, -0.15) is 4.98 Å². The topological polar surface area (TPSA) is 63.8 Å². The molecule has 0 amide bonds. The van der Waals surface area contributed by atoms with Gasteiger partial charge < -0.3 is 11.1 Å². The molecular weight excluding hydrogens is 232 g/mol. The average Bonchev–Trinajstić information content (AvgIpc) is 2.94. The third-order valence-electron chi connectivity index (χ3n) is 3.11. The third kappa shape index (κ3) is 2.34. The Labute approximate surface area is 104 Å². The molecule has 1 saturated carbocycles. The highest BCUT2D eigenvalue weighted by molar-refractivity contribution is 7.16. The van der Waals surface area contributed by atoms with Crippen LogP contribution in [-0.2, 0) is 0 Å². The highest BCUT2D eigenvalue weighted by Crippen LogP contribution is 2.34. The molecule has 5 heteroatoms. The summed E-state index contributed by atoms with van der Waals surface area (Å²) in [5.74, 6) is 2.14. The zero-order chi connectivity index (χ0) is 11.8. The lowest BCUT2D eigenvalue weighted by Gasteiger charge is -2.14. The molecule has 2 aromatic rings. The Kier molecular flexibility index (Phi) is 2.63. The molecule has 2 aromatic heterocycles. The van der Waals surface area contributed by atoms with Crippen molar-refractivity contribution in [2.45, 2.75) is 32.2 Å². The van der Waals surface area contributed by atoms with Gasteiger partial charge in [-0.05, 0) is 30.7 Å². The van der Waals surface area contributed by atoms with Crippen LogP contribution < -0.4 is 11.1 Å². The summed E-state index contributed by atoms with van der Waals surface area (Å²) < 4.78 is 0. The van der Waals surface area contributed by atoms with Crippen LogP contribution >= 0.6 is 11.3 Å². The Morgan fingerprint density at radius 3 is 3.12 bits per heavy atom. The molecule has 0 aliphatic heterocycles. The molecule has 3 rings (SSSR count). The van der Waals surface area contributed by atoms with Crippen molar-refractivity contribution < 1.29 is 0 Å². The summed E-state index contributed by atoms with van der Waals surface area (Å²) >= 11 is 1.60. The Morgan fingerprint density at radius 2 is 2.35 bits per heavy atom. The Hall–Kier alpha value is -1.36. The van der Waals surface area contributed by atoms with Crippen LogP contribution in [0.15, 0.2) is 11.4 Å². The third-order valence-corrected chi connectivity index (χ3v) is 3.92. The maximum Gasteiger partial charge on any atom is 0.223 e. The molecule has 17 heavy (non-hydrogen) atoms. The molecule has 0 saturated heterocycles. The second-order valence-corrected chi connectivity index (χ2v) is 5.69. The predicted molar refractivity (Wildman–Crippen MR) is 72.3 cm³/mol. The van der Waals surface area contributed by atoms with E-state index in [0.29, 0.717) is 12.0 Å². The smallest absolute Gasteiger partial charge is 0.223 e. The minimum absolute atomic E-state index is 0.348. The Bertz CT molecular complexity index is 532. The van der Waals surface area contributed by atoms with E-state index >= 15 is 0 Å². The summed E-state index contributed by atoms with van der Waals surface area (Å²) in [7, 11) is 0. The predicted octanol–water partition coefficient (Wildman–Crippen LogP) is 2.87. The summed E-state index contributed by atoms with van der Waals surface area (Å²) in [5, 5.41) is 6.56. The first-order valence-electron chi connectivity index (χ1n) is 5.99. The number of aromatic nitrogens is 2. The second kappa shape index (κ2) is 4.14. The monoisotopic (exact) mass is 248 g/mol. The van der Waals surface area contributed by atoms with Crippen LogP contribution in [0.5, 0.6) is 0 Å². The van der Waals surface area contributed by atoms with Gasteiger partial charge in [0.15, 0.2) is 0 Å². The Balaban J connectivity index is 1.84. The van der Waals surface area contributed by atoms with E-state index in [0.717, 1.165) is 22.0 Å². The van der Waals surface area contributed by atoms with Crippen molar-refractivity contribution >= 4 is 33.3 Å². The summed E-state index contributed by atoms with van der Waals surface area (Å²) in [4.78, 5) is 9.48. The van der Waals surface area contributed by atoms with Crippen LogP contribution in [0, 0.1) is 5.92 Å². The fourth-order valence-corrected chi connectivity index (χ4v) is 2.90. The molecule has 2 heterocycles. The average molecular weight is 248 g/mol. The lowest BCUT2D eigenvalue weighted by molar-refractivity contribution is 0.641. The van der Waals surface area contributed by atoms with Gasteiger partial charge in [0.05, 0.1) is 5.39 Å². The molecule has 0 bridgehead atoms. The zero-order valence-corrected chi connectivity index (χ0v) is 10.6. The van der Waals surface area contributed by atoms with Gasteiger partial charge in [0, 0.05) is 6.04 Å². The quantitative estimate of drug-likeness (QED) is 0.873. The van der Waals surface area contributed by atoms with Crippen LogP contribution in [0.4, 0.5) is 11.8 Å². The van der Waals surface area contributed by atoms with Gasteiger partial charge in [-0.15, -0.1) is 11.3 Å². The number of fused-ring (bicyclic) bond motifs is 1. The van der Waals surface area contributed by atoms with Crippen molar-refractivity contribution in [3.8, 4) is 0 Å². The summed E-state index contributed by atoms with van der Waals surface area (Å²) in [6, 6.07) is 2.49. The van der Waals surface area contributed by atoms with E-state index in [9.17, 15) is 0 Å². The van der Waals surface area contributed by atoms with E-state index < -0.39 is 0 Å². The van der Waals surface area contributed by atoms with Crippen LogP contribution in [0.25, 0.3) is 10.2 Å². The number of thiophene rings is 1. The number of anilines is 2. The maximum atomic E-state index is 5.72. The minimum atomic E-state index is 0.348. The van der Waals surface area contributed by atoms with Gasteiger partial charge in [-0.1, -0.05) is 12.8 Å². The molecule has 1 aliphatic carbocycles. The van der Waals surface area contributed by atoms with E-state index in [2.05, 4.69) is 22.2 Å². The van der Waals surface area contributed by atoms with Crippen molar-refractivity contribution in [3.05, 3.63) is 11.4 Å². The standard InChI is InChI=1S/C12H16N4S/c1-7(6-8-2-3-8)14-10-9-4-5-17-11(9)16-12(13)15-10/h4-5,7-8H,2-3,6H2,1H3,(H3,13,14,15,16). The maximum absolute atomic E-state index is 5.72. The number of hydrogen-bond donors (Lipinski definition) is 2. The van der Waals surface area contributed by atoms with Crippen molar-refractivity contribution in [3.63, 3.8) is 0 Å². The van der Waals surface area contributed by atoms with Gasteiger partial charge in [0.1, 0.15) is 10.6 Å². The molecule has 1 fully saturated rings. The molecule has 0 radical (unpaired) electrons. The minimum Gasteiger partial charge on any atom is -0.368 e. The lowest BCUT2D eigenvalue weighted by atomic mass is 10.1. The van der Waals surface area contributed by atoms with E-state index in [1.807, 2.05) is 11.4 Å². The largest absolute Gasteiger partial charge is 0.368 e. The van der Waals surface area contributed by atoms with Crippen molar-refractivity contribution in [1.29, 1.82) is 0 Å². The SMILES string of the molecule is CC(CC1CC1)Nc1nc(N)nc2sccc12. The summed E-state index contributed by atoms with van der Waals surface area (Å²) in [6.45, 7) is 2.20. The highest BCUT2D eigenvalue weighted by atomic mass is 32.1. The van der Waals surface area contributed by atoms with Crippen LogP contribution in [0.1, 0.15) is 26.2 Å². The van der Waals surface area contributed by atoms with Crippen LogP contribution in [0.2, 0.25) is 0 Å². The molecule has 1 aliphatic rings. The number of nitrogens with zero attached hydrogens (tertiary/aromatic N) is 2. The highest BCUT2D eigenvalue weighted by Gasteiger charge is 2.24. The van der Waals surface area contributed by atoms with Crippen LogP contribution in [-0.4, -0.2) is 16.0 Å².